The van der Waals surface area contributed by atoms with Crippen LogP contribution < -0.4 is 0 Å². The van der Waals surface area contributed by atoms with Crippen LogP contribution in [0.4, 0.5) is 0 Å². The molecule has 0 aromatic heterocycles. The summed E-state index contributed by atoms with van der Waals surface area (Å²) in [5.41, 5.74) is 1.88. The molecular weight excluding hydrogens is 170 g/mol. The molecule has 0 aromatic rings. The smallest absolute Gasteiger partial charge is 0.0346 e. The molecule has 0 aliphatic rings. The first kappa shape index (κ1) is 12.1. The molecule has 0 saturated carbocycles. The van der Waals surface area contributed by atoms with Crippen LogP contribution in [0.15, 0.2) is 79.0 Å². The van der Waals surface area contributed by atoms with Crippen molar-refractivity contribution in [2.24, 2.45) is 4.99 Å². The van der Waals surface area contributed by atoms with Crippen molar-refractivity contribution in [3.63, 3.8) is 0 Å². The summed E-state index contributed by atoms with van der Waals surface area (Å²) in [6.07, 6.45) is 12.0. The van der Waals surface area contributed by atoms with Gasteiger partial charge in [0.05, 0.1) is 0 Å². The van der Waals surface area contributed by atoms with E-state index in [1.165, 1.54) is 6.20 Å². The van der Waals surface area contributed by atoms with E-state index in [4.69, 9.17) is 0 Å². The van der Waals surface area contributed by atoms with Gasteiger partial charge in [0.1, 0.15) is 0 Å². The van der Waals surface area contributed by atoms with Crippen molar-refractivity contribution >= 4 is 6.21 Å². The van der Waals surface area contributed by atoms with Crippen LogP contribution in [0.2, 0.25) is 0 Å². The molecule has 0 fully saturated rings. The van der Waals surface area contributed by atoms with Gasteiger partial charge in [0.15, 0.2) is 0 Å². The van der Waals surface area contributed by atoms with Gasteiger partial charge < -0.3 is 0 Å². The van der Waals surface area contributed by atoms with Gasteiger partial charge in [0.2, 0.25) is 0 Å². The highest BCUT2D eigenvalue weighted by Gasteiger charge is 1.95. The first-order chi connectivity index (χ1) is 6.79. The molecule has 0 rings (SSSR count). The molecule has 0 radical (unpaired) electrons. The standard InChI is InChI=1S/C13H15N/c1-5-9-12(7-3)13(10-6-2)11-14-8-4/h5-11H,1-4H2/b12-9-,13-10-,14-11?. The molecule has 0 amide bonds. The summed E-state index contributed by atoms with van der Waals surface area (Å²) in [4.78, 5) is 3.94. The Kier molecular flexibility index (Phi) is 6.70. The number of aliphatic imine (C=N–C) groups is 1. The average molecular weight is 185 g/mol. The third-order valence-corrected chi connectivity index (χ3v) is 1.47. The van der Waals surface area contributed by atoms with Gasteiger partial charge in [-0.15, -0.1) is 0 Å². The molecule has 0 aliphatic carbocycles. The quantitative estimate of drug-likeness (QED) is 0.443. The van der Waals surface area contributed by atoms with Gasteiger partial charge in [-0.05, 0) is 11.1 Å². The zero-order chi connectivity index (χ0) is 10.8. The summed E-state index contributed by atoms with van der Waals surface area (Å²) in [7, 11) is 0. The Morgan fingerprint density at radius 3 is 1.86 bits per heavy atom. The molecule has 0 heterocycles. The van der Waals surface area contributed by atoms with Crippen molar-refractivity contribution in [3.8, 4) is 0 Å². The van der Waals surface area contributed by atoms with E-state index in [0.717, 1.165) is 11.1 Å². The normalized spacial score (nSPS) is 12.6. The summed E-state index contributed by atoms with van der Waals surface area (Å²) >= 11 is 0. The second kappa shape index (κ2) is 7.74. The van der Waals surface area contributed by atoms with Crippen molar-refractivity contribution in [1.29, 1.82) is 0 Å². The fourth-order valence-corrected chi connectivity index (χ4v) is 0.883. The van der Waals surface area contributed by atoms with Gasteiger partial charge in [0.25, 0.3) is 0 Å². The predicted molar refractivity (Wildman–Crippen MR) is 65.4 cm³/mol. The Balaban J connectivity index is 5.07. The van der Waals surface area contributed by atoms with E-state index in [-0.39, 0.29) is 0 Å². The fraction of sp³-hybridized carbons (Fsp3) is 0. The predicted octanol–water partition coefficient (Wildman–Crippen LogP) is 3.61. The zero-order valence-corrected chi connectivity index (χ0v) is 8.32. The monoisotopic (exact) mass is 185 g/mol. The second-order valence-electron chi connectivity index (χ2n) is 2.38. The Morgan fingerprint density at radius 2 is 1.43 bits per heavy atom. The van der Waals surface area contributed by atoms with Crippen molar-refractivity contribution in [3.05, 3.63) is 74.0 Å². The molecule has 1 heteroatoms. The van der Waals surface area contributed by atoms with Gasteiger partial charge in [-0.25, -0.2) is 0 Å². The third kappa shape index (κ3) is 4.21. The largest absolute Gasteiger partial charge is 0.265 e. The Hall–Kier alpha value is -1.89. The summed E-state index contributed by atoms with van der Waals surface area (Å²) in [5.74, 6) is 0. The van der Waals surface area contributed by atoms with Crippen molar-refractivity contribution in [2.45, 2.75) is 0 Å². The molecule has 0 aromatic carbocycles. The van der Waals surface area contributed by atoms with Crippen molar-refractivity contribution < 1.29 is 0 Å². The van der Waals surface area contributed by atoms with Gasteiger partial charge in [-0.3, -0.25) is 4.99 Å². The zero-order valence-electron chi connectivity index (χ0n) is 8.32. The van der Waals surface area contributed by atoms with E-state index in [9.17, 15) is 0 Å². The minimum Gasteiger partial charge on any atom is -0.265 e. The highest BCUT2D eigenvalue weighted by molar-refractivity contribution is 5.86. The molecule has 0 aliphatic heterocycles. The minimum atomic E-state index is 0.926. The van der Waals surface area contributed by atoms with E-state index in [0.29, 0.717) is 0 Å². The first-order valence-corrected chi connectivity index (χ1v) is 4.22. The van der Waals surface area contributed by atoms with Crippen LogP contribution in [0.3, 0.4) is 0 Å². The molecule has 0 bridgehead atoms. The van der Waals surface area contributed by atoms with Crippen molar-refractivity contribution in [1.82, 2.24) is 0 Å². The summed E-state index contributed by atoms with van der Waals surface area (Å²) < 4.78 is 0. The first-order valence-electron chi connectivity index (χ1n) is 4.22. The van der Waals surface area contributed by atoms with Gasteiger partial charge in [-0.2, -0.15) is 0 Å². The van der Waals surface area contributed by atoms with Gasteiger partial charge >= 0.3 is 0 Å². The van der Waals surface area contributed by atoms with Gasteiger partial charge in [0, 0.05) is 12.4 Å². The van der Waals surface area contributed by atoms with E-state index in [1.54, 1.807) is 24.4 Å². The average Bonchev–Trinajstić information content (AvgIpc) is 2.21. The van der Waals surface area contributed by atoms with Crippen LogP contribution in [0.5, 0.6) is 0 Å². The molecule has 0 spiro atoms. The Labute approximate surface area is 85.9 Å². The number of nitrogens with zero attached hydrogens (tertiary/aromatic N) is 1. The maximum atomic E-state index is 3.94. The number of allylic oxidation sites excluding steroid dienone is 7. The number of hydrogen-bond donors (Lipinski definition) is 0. The van der Waals surface area contributed by atoms with Crippen LogP contribution in [-0.4, -0.2) is 6.21 Å². The highest BCUT2D eigenvalue weighted by Crippen LogP contribution is 2.09. The summed E-state index contributed by atoms with van der Waals surface area (Å²) in [6.45, 7) is 14.5. The van der Waals surface area contributed by atoms with Crippen LogP contribution in [0.1, 0.15) is 0 Å². The second-order valence-corrected chi connectivity index (χ2v) is 2.38. The number of rotatable bonds is 6. The lowest BCUT2D eigenvalue weighted by atomic mass is 10.1. The molecule has 72 valence electrons. The maximum absolute atomic E-state index is 3.94. The third-order valence-electron chi connectivity index (χ3n) is 1.47. The van der Waals surface area contributed by atoms with Crippen LogP contribution >= 0.6 is 0 Å². The van der Waals surface area contributed by atoms with Crippen LogP contribution in [0, 0.1) is 0 Å². The lowest BCUT2D eigenvalue weighted by Crippen LogP contribution is -1.87. The topological polar surface area (TPSA) is 12.4 Å². The molecule has 0 unspecified atom stereocenters. The molecule has 0 atom stereocenters. The van der Waals surface area contributed by atoms with E-state index in [2.05, 4.69) is 31.3 Å². The molecule has 1 nitrogen and oxygen atoms in total. The lowest BCUT2D eigenvalue weighted by molar-refractivity contribution is 1.56. The highest BCUT2D eigenvalue weighted by atomic mass is 14.7. The molecule has 0 N–H and O–H groups in total. The van der Waals surface area contributed by atoms with E-state index >= 15 is 0 Å². The number of hydrogen-bond acceptors (Lipinski definition) is 1. The van der Waals surface area contributed by atoms with Crippen LogP contribution in [-0.2, 0) is 0 Å². The summed E-state index contributed by atoms with van der Waals surface area (Å²) in [6, 6.07) is 0. The molecule has 0 saturated heterocycles. The SMILES string of the molecule is C=C/C=C(C=C)\C(C=NC=C)=C/C=C. The Morgan fingerprint density at radius 1 is 0.857 bits per heavy atom. The Bertz CT molecular complexity index is 314. The molecular formula is C13H15N. The van der Waals surface area contributed by atoms with Crippen LogP contribution in [0.25, 0.3) is 0 Å². The van der Waals surface area contributed by atoms with Crippen molar-refractivity contribution in [2.75, 3.05) is 0 Å². The maximum Gasteiger partial charge on any atom is 0.0346 e. The molecule has 14 heavy (non-hydrogen) atoms. The van der Waals surface area contributed by atoms with E-state index < -0.39 is 0 Å². The van der Waals surface area contributed by atoms with E-state index in [1.807, 2.05) is 12.2 Å². The van der Waals surface area contributed by atoms with Gasteiger partial charge in [-0.1, -0.05) is 56.7 Å². The lowest BCUT2D eigenvalue weighted by Gasteiger charge is -1.99. The summed E-state index contributed by atoms with van der Waals surface area (Å²) in [5, 5.41) is 0. The fourth-order valence-electron chi connectivity index (χ4n) is 0.883. The minimum absolute atomic E-state index is 0.926.